The molecule has 1 aliphatic heterocycles. The molecule has 4 rings (SSSR count). The van der Waals surface area contributed by atoms with Gasteiger partial charge in [0.25, 0.3) is 0 Å². The monoisotopic (exact) mass is 375 g/mol. The smallest absolute Gasteiger partial charge is 0.313 e. The molecular weight excluding hydrogens is 362 g/mol. The van der Waals surface area contributed by atoms with E-state index in [4.69, 9.17) is 25.6 Å². The molecule has 5 nitrogen and oxygen atoms in total. The molecule has 0 saturated heterocycles. The second kappa shape index (κ2) is 6.90. The molecular formula is C18H14ClNO4S. The van der Waals surface area contributed by atoms with Crippen LogP contribution in [-0.2, 0) is 22.6 Å². The molecule has 3 aromatic rings. The molecule has 2 aromatic heterocycles. The minimum Gasteiger partial charge on any atom is -0.492 e. The Morgan fingerprint density at radius 3 is 3.12 bits per heavy atom. The lowest BCUT2D eigenvalue weighted by Crippen LogP contribution is -2.29. The highest BCUT2D eigenvalue weighted by atomic mass is 35.5. The second-order valence-electron chi connectivity index (χ2n) is 5.73. The Hall–Kier alpha value is -2.31. The minimum absolute atomic E-state index is 0.0760. The molecule has 1 atom stereocenters. The van der Waals surface area contributed by atoms with Crippen LogP contribution in [0.15, 0.2) is 46.3 Å². The molecule has 1 aromatic carbocycles. The minimum atomic E-state index is -0.352. The van der Waals surface area contributed by atoms with Crippen LogP contribution in [-0.4, -0.2) is 17.7 Å². The second-order valence-corrected chi connectivity index (χ2v) is 7.12. The van der Waals surface area contributed by atoms with Crippen molar-refractivity contribution in [3.63, 3.8) is 0 Å². The summed E-state index contributed by atoms with van der Waals surface area (Å²) in [6.07, 6.45) is 0.550. The largest absolute Gasteiger partial charge is 0.492 e. The summed E-state index contributed by atoms with van der Waals surface area (Å²) < 4.78 is 16.3. The number of hydrogen-bond donors (Lipinski definition) is 0. The van der Waals surface area contributed by atoms with Crippen LogP contribution in [0.4, 0.5) is 0 Å². The quantitative estimate of drug-likeness (QED) is 0.634. The van der Waals surface area contributed by atoms with Gasteiger partial charge in [0.05, 0.1) is 10.8 Å². The zero-order chi connectivity index (χ0) is 17.2. The first-order valence-corrected chi connectivity index (χ1v) is 9.02. The predicted molar refractivity (Wildman–Crippen MR) is 93.8 cm³/mol. The molecule has 1 aliphatic rings. The lowest BCUT2D eigenvalue weighted by molar-refractivity contribution is -0.151. The zero-order valence-corrected chi connectivity index (χ0v) is 14.7. The van der Waals surface area contributed by atoms with E-state index in [1.807, 2.05) is 29.6 Å². The number of carbonyl (C=O) groups excluding carboxylic acids is 1. The van der Waals surface area contributed by atoms with Gasteiger partial charge in [-0.25, -0.2) is 0 Å². The molecule has 0 bridgehead atoms. The van der Waals surface area contributed by atoms with Crippen molar-refractivity contribution in [2.45, 2.75) is 13.0 Å². The van der Waals surface area contributed by atoms with Crippen LogP contribution in [0, 0.1) is 5.92 Å². The summed E-state index contributed by atoms with van der Waals surface area (Å²) in [5, 5.41) is 6.53. The molecule has 0 spiro atoms. The summed E-state index contributed by atoms with van der Waals surface area (Å²) in [5.74, 6) is 0.775. The summed E-state index contributed by atoms with van der Waals surface area (Å²) in [6, 6.07) is 11.1. The van der Waals surface area contributed by atoms with E-state index in [1.54, 1.807) is 23.5 Å². The van der Waals surface area contributed by atoms with E-state index in [-0.39, 0.29) is 18.5 Å². The third-order valence-electron chi connectivity index (χ3n) is 3.95. The van der Waals surface area contributed by atoms with Crippen molar-refractivity contribution in [3.8, 4) is 16.4 Å². The average molecular weight is 376 g/mol. The number of hydrogen-bond acceptors (Lipinski definition) is 6. The molecule has 0 unspecified atom stereocenters. The summed E-state index contributed by atoms with van der Waals surface area (Å²) in [5.41, 5.74) is 1.50. The van der Waals surface area contributed by atoms with E-state index >= 15 is 0 Å². The first-order valence-electron chi connectivity index (χ1n) is 7.76. The fourth-order valence-electron chi connectivity index (χ4n) is 2.69. The Bertz CT molecular complexity index is 890. The van der Waals surface area contributed by atoms with Crippen LogP contribution in [0.3, 0.4) is 0 Å². The number of fused-ring (bicyclic) bond motifs is 1. The van der Waals surface area contributed by atoms with E-state index < -0.39 is 0 Å². The van der Waals surface area contributed by atoms with Crippen LogP contribution in [0.5, 0.6) is 5.75 Å². The highest BCUT2D eigenvalue weighted by Crippen LogP contribution is 2.30. The number of thiophene rings is 1. The lowest BCUT2D eigenvalue weighted by atomic mass is 9.97. The van der Waals surface area contributed by atoms with Crippen LogP contribution < -0.4 is 4.74 Å². The summed E-state index contributed by atoms with van der Waals surface area (Å²) in [6.45, 7) is 0.374. The van der Waals surface area contributed by atoms with Crippen molar-refractivity contribution < 1.29 is 18.8 Å². The van der Waals surface area contributed by atoms with E-state index in [1.165, 1.54) is 0 Å². The number of carbonyl (C=O) groups is 1. The van der Waals surface area contributed by atoms with Crippen molar-refractivity contribution >= 4 is 28.9 Å². The van der Waals surface area contributed by atoms with Gasteiger partial charge in [0.15, 0.2) is 5.76 Å². The third kappa shape index (κ3) is 3.55. The van der Waals surface area contributed by atoms with Gasteiger partial charge in [-0.3, -0.25) is 4.79 Å². The van der Waals surface area contributed by atoms with Crippen LogP contribution in [0.1, 0.15) is 11.3 Å². The van der Waals surface area contributed by atoms with Crippen LogP contribution in [0.25, 0.3) is 10.6 Å². The van der Waals surface area contributed by atoms with Gasteiger partial charge >= 0.3 is 5.97 Å². The Kier molecular flexibility index (Phi) is 4.46. The van der Waals surface area contributed by atoms with Crippen molar-refractivity contribution in [1.82, 2.24) is 5.16 Å². The maximum atomic E-state index is 12.3. The number of aromatic nitrogens is 1. The number of esters is 1. The zero-order valence-electron chi connectivity index (χ0n) is 13.1. The molecule has 0 amide bonds. The molecule has 0 radical (unpaired) electrons. The summed E-state index contributed by atoms with van der Waals surface area (Å²) in [4.78, 5) is 13.3. The van der Waals surface area contributed by atoms with E-state index in [2.05, 4.69) is 5.16 Å². The van der Waals surface area contributed by atoms with Gasteiger partial charge in [0.1, 0.15) is 24.7 Å². The predicted octanol–water partition coefficient (Wildman–Crippen LogP) is 4.35. The number of ether oxygens (including phenoxy) is 2. The molecule has 7 heteroatoms. The maximum Gasteiger partial charge on any atom is 0.313 e. The van der Waals surface area contributed by atoms with Gasteiger partial charge in [0, 0.05) is 11.1 Å². The molecule has 0 aliphatic carbocycles. The van der Waals surface area contributed by atoms with Crippen molar-refractivity contribution in [2.75, 3.05) is 6.61 Å². The number of rotatable bonds is 4. The van der Waals surface area contributed by atoms with Gasteiger partial charge in [0.2, 0.25) is 0 Å². The highest BCUT2D eigenvalue weighted by molar-refractivity contribution is 7.13. The molecule has 0 fully saturated rings. The van der Waals surface area contributed by atoms with Crippen LogP contribution in [0.2, 0.25) is 5.02 Å². The van der Waals surface area contributed by atoms with Crippen LogP contribution >= 0.6 is 22.9 Å². The van der Waals surface area contributed by atoms with E-state index in [0.717, 1.165) is 16.2 Å². The van der Waals surface area contributed by atoms with Gasteiger partial charge in [-0.15, -0.1) is 11.3 Å². The maximum absolute atomic E-state index is 12.3. The van der Waals surface area contributed by atoms with Gasteiger partial charge < -0.3 is 14.0 Å². The number of benzene rings is 1. The number of halogens is 1. The molecule has 128 valence electrons. The summed E-state index contributed by atoms with van der Waals surface area (Å²) in [7, 11) is 0. The summed E-state index contributed by atoms with van der Waals surface area (Å²) >= 11 is 7.56. The average Bonchev–Trinajstić information content (AvgIpc) is 3.30. The first-order chi connectivity index (χ1) is 12.2. The lowest BCUT2D eigenvalue weighted by Gasteiger charge is -2.24. The van der Waals surface area contributed by atoms with Crippen molar-refractivity contribution in [2.24, 2.45) is 5.92 Å². The Balaban J connectivity index is 1.37. The topological polar surface area (TPSA) is 61.6 Å². The fourth-order valence-corrected chi connectivity index (χ4v) is 3.56. The molecule has 0 N–H and O–H groups in total. The number of nitrogens with zero attached hydrogens (tertiary/aromatic N) is 1. The van der Waals surface area contributed by atoms with Crippen molar-refractivity contribution in [3.05, 3.63) is 58.1 Å². The molecule has 0 saturated carbocycles. The van der Waals surface area contributed by atoms with Crippen molar-refractivity contribution in [1.29, 1.82) is 0 Å². The molecule has 25 heavy (non-hydrogen) atoms. The van der Waals surface area contributed by atoms with Gasteiger partial charge in [-0.1, -0.05) is 22.8 Å². The van der Waals surface area contributed by atoms with E-state index in [9.17, 15) is 4.79 Å². The normalized spacial score (nSPS) is 16.1. The molecule has 3 heterocycles. The Labute approximate surface area is 153 Å². The standard InChI is InChI=1S/C18H14ClNO4S/c19-13-3-4-15-11(7-13)6-12(9-22-15)18(21)23-10-14-8-16(24-20-14)17-2-1-5-25-17/h1-5,7-8,12H,6,9-10H2/t12-/m0/s1. The Morgan fingerprint density at radius 1 is 1.36 bits per heavy atom. The van der Waals surface area contributed by atoms with Gasteiger partial charge in [-0.05, 0) is 41.6 Å². The fraction of sp³-hybridized carbons (Fsp3) is 0.222. The SMILES string of the molecule is O=C(OCc1cc(-c2cccs2)on1)[C@@H]1COc2ccc(Cl)cc2C1. The Morgan fingerprint density at radius 2 is 2.28 bits per heavy atom. The van der Waals surface area contributed by atoms with Gasteiger partial charge in [-0.2, -0.15) is 0 Å². The first kappa shape index (κ1) is 16.2. The van der Waals surface area contributed by atoms with E-state index in [0.29, 0.717) is 29.5 Å². The highest BCUT2D eigenvalue weighted by Gasteiger charge is 2.27. The third-order valence-corrected chi connectivity index (χ3v) is 5.07.